The van der Waals surface area contributed by atoms with Crippen LogP contribution in [0.5, 0.6) is 5.75 Å². The SMILES string of the molecule is CCOC(=O)C(Oc1cc(Br)ccc1F)c1ccccc1. The fourth-order valence-electron chi connectivity index (χ4n) is 1.79. The summed E-state index contributed by atoms with van der Waals surface area (Å²) in [5, 5.41) is 0. The summed E-state index contributed by atoms with van der Waals surface area (Å²) in [7, 11) is 0. The molecule has 1 atom stereocenters. The number of rotatable bonds is 5. The van der Waals surface area contributed by atoms with Crippen molar-refractivity contribution in [3.63, 3.8) is 0 Å². The Bertz CT molecular complexity index is 616. The van der Waals surface area contributed by atoms with Crippen LogP contribution >= 0.6 is 15.9 Å². The van der Waals surface area contributed by atoms with Crippen molar-refractivity contribution in [2.45, 2.75) is 13.0 Å². The van der Waals surface area contributed by atoms with Gasteiger partial charge in [0, 0.05) is 10.0 Å². The third-order valence-corrected chi connectivity index (χ3v) is 3.23. The Hall–Kier alpha value is -1.88. The van der Waals surface area contributed by atoms with E-state index in [9.17, 15) is 9.18 Å². The summed E-state index contributed by atoms with van der Waals surface area (Å²) < 4.78 is 25.0. The molecule has 2 rings (SSSR count). The highest BCUT2D eigenvalue weighted by Crippen LogP contribution is 2.28. The third-order valence-electron chi connectivity index (χ3n) is 2.74. The first-order valence-electron chi connectivity index (χ1n) is 6.45. The zero-order valence-corrected chi connectivity index (χ0v) is 13.0. The number of esters is 1. The van der Waals surface area contributed by atoms with E-state index in [0.717, 1.165) is 0 Å². The van der Waals surface area contributed by atoms with Crippen LogP contribution in [-0.2, 0) is 9.53 Å². The highest BCUT2D eigenvalue weighted by atomic mass is 79.9. The molecule has 0 N–H and O–H groups in total. The summed E-state index contributed by atoms with van der Waals surface area (Å²) in [6.45, 7) is 1.94. The van der Waals surface area contributed by atoms with Crippen molar-refractivity contribution < 1.29 is 18.7 Å². The van der Waals surface area contributed by atoms with Gasteiger partial charge in [0.2, 0.25) is 6.10 Å². The summed E-state index contributed by atoms with van der Waals surface area (Å²) in [6.07, 6.45) is -1.00. The second kappa shape index (κ2) is 7.22. The Morgan fingerprint density at radius 1 is 1.24 bits per heavy atom. The van der Waals surface area contributed by atoms with Gasteiger partial charge in [0.25, 0.3) is 0 Å². The van der Waals surface area contributed by atoms with Crippen LogP contribution in [0.25, 0.3) is 0 Å². The summed E-state index contributed by atoms with van der Waals surface area (Å²) in [4.78, 5) is 12.1. The fraction of sp³-hybridized carbons (Fsp3) is 0.188. The van der Waals surface area contributed by atoms with Gasteiger partial charge in [-0.3, -0.25) is 0 Å². The van der Waals surface area contributed by atoms with E-state index in [1.165, 1.54) is 12.1 Å². The predicted octanol–water partition coefficient (Wildman–Crippen LogP) is 4.27. The van der Waals surface area contributed by atoms with Crippen LogP contribution in [0.1, 0.15) is 18.6 Å². The van der Waals surface area contributed by atoms with Gasteiger partial charge in [-0.1, -0.05) is 46.3 Å². The molecule has 110 valence electrons. The second-order valence-corrected chi connectivity index (χ2v) is 5.15. The second-order valence-electron chi connectivity index (χ2n) is 4.24. The molecule has 0 saturated heterocycles. The van der Waals surface area contributed by atoms with E-state index in [0.29, 0.717) is 10.0 Å². The van der Waals surface area contributed by atoms with E-state index in [-0.39, 0.29) is 12.4 Å². The molecular formula is C16H14BrFO3. The summed E-state index contributed by atoms with van der Waals surface area (Å²) in [5.41, 5.74) is 0.607. The lowest BCUT2D eigenvalue weighted by molar-refractivity contribution is -0.151. The lowest BCUT2D eigenvalue weighted by atomic mass is 10.1. The van der Waals surface area contributed by atoms with Gasteiger partial charge in [0.05, 0.1) is 6.61 Å². The van der Waals surface area contributed by atoms with Gasteiger partial charge in [0.1, 0.15) is 0 Å². The molecular weight excluding hydrogens is 339 g/mol. The van der Waals surface area contributed by atoms with Crippen molar-refractivity contribution in [2.75, 3.05) is 6.61 Å². The molecule has 0 bridgehead atoms. The minimum absolute atomic E-state index is 0.00807. The van der Waals surface area contributed by atoms with Crippen molar-refractivity contribution in [1.29, 1.82) is 0 Å². The van der Waals surface area contributed by atoms with Crippen LogP contribution in [0.3, 0.4) is 0 Å². The normalized spacial score (nSPS) is 11.8. The largest absolute Gasteiger partial charge is 0.471 e. The maximum Gasteiger partial charge on any atom is 0.352 e. The summed E-state index contributed by atoms with van der Waals surface area (Å²) >= 11 is 3.25. The molecule has 3 nitrogen and oxygen atoms in total. The van der Waals surface area contributed by atoms with E-state index >= 15 is 0 Å². The first kappa shape index (κ1) is 15.5. The molecule has 0 aliphatic rings. The van der Waals surface area contributed by atoms with Crippen LogP contribution in [0, 0.1) is 5.82 Å². The molecule has 0 radical (unpaired) electrons. The van der Waals surface area contributed by atoms with Crippen LogP contribution in [-0.4, -0.2) is 12.6 Å². The van der Waals surface area contributed by atoms with Crippen molar-refractivity contribution in [2.24, 2.45) is 0 Å². The number of benzene rings is 2. The quantitative estimate of drug-likeness (QED) is 0.753. The number of hydrogen-bond acceptors (Lipinski definition) is 3. The van der Waals surface area contributed by atoms with Gasteiger partial charge in [0.15, 0.2) is 11.6 Å². The standard InChI is InChI=1S/C16H14BrFO3/c1-2-20-16(19)15(11-6-4-3-5-7-11)21-14-10-12(17)8-9-13(14)18/h3-10,15H,2H2,1H3. The number of carbonyl (C=O) groups excluding carboxylic acids is 1. The van der Waals surface area contributed by atoms with Crippen molar-refractivity contribution in [3.05, 3.63) is 64.4 Å². The van der Waals surface area contributed by atoms with Crippen molar-refractivity contribution in [1.82, 2.24) is 0 Å². The van der Waals surface area contributed by atoms with Gasteiger partial charge >= 0.3 is 5.97 Å². The van der Waals surface area contributed by atoms with E-state index in [1.807, 2.05) is 6.07 Å². The zero-order chi connectivity index (χ0) is 15.2. The maximum absolute atomic E-state index is 13.8. The molecule has 0 heterocycles. The van der Waals surface area contributed by atoms with Crippen molar-refractivity contribution in [3.8, 4) is 5.75 Å². The molecule has 0 saturated carbocycles. The summed E-state index contributed by atoms with van der Waals surface area (Å²) in [6, 6.07) is 13.2. The molecule has 21 heavy (non-hydrogen) atoms. The minimum Gasteiger partial charge on any atom is -0.471 e. The highest BCUT2D eigenvalue weighted by Gasteiger charge is 2.25. The van der Waals surface area contributed by atoms with Crippen LogP contribution in [0.15, 0.2) is 53.0 Å². The molecule has 0 aliphatic carbocycles. The zero-order valence-electron chi connectivity index (χ0n) is 11.4. The van der Waals surface area contributed by atoms with Gasteiger partial charge in [-0.25, -0.2) is 9.18 Å². The van der Waals surface area contributed by atoms with Gasteiger partial charge in [-0.2, -0.15) is 0 Å². The van der Waals surface area contributed by atoms with Crippen LogP contribution in [0.4, 0.5) is 4.39 Å². The Morgan fingerprint density at radius 2 is 1.95 bits per heavy atom. The molecule has 0 fully saturated rings. The molecule has 0 amide bonds. The van der Waals surface area contributed by atoms with E-state index in [1.54, 1.807) is 37.3 Å². The Kier molecular flexibility index (Phi) is 5.33. The number of halogens is 2. The molecule has 0 aliphatic heterocycles. The lowest BCUT2D eigenvalue weighted by Crippen LogP contribution is -2.21. The fourth-order valence-corrected chi connectivity index (χ4v) is 2.13. The predicted molar refractivity (Wildman–Crippen MR) is 80.5 cm³/mol. The van der Waals surface area contributed by atoms with E-state index in [2.05, 4.69) is 15.9 Å². The first-order chi connectivity index (χ1) is 10.1. The van der Waals surface area contributed by atoms with Gasteiger partial charge in [-0.15, -0.1) is 0 Å². The van der Waals surface area contributed by atoms with E-state index in [4.69, 9.17) is 9.47 Å². The Morgan fingerprint density at radius 3 is 2.62 bits per heavy atom. The average molecular weight is 353 g/mol. The molecule has 0 spiro atoms. The molecule has 0 aromatic heterocycles. The van der Waals surface area contributed by atoms with Crippen LogP contribution < -0.4 is 4.74 Å². The number of carbonyl (C=O) groups is 1. The monoisotopic (exact) mass is 352 g/mol. The summed E-state index contributed by atoms with van der Waals surface area (Å²) in [5.74, 6) is -1.10. The molecule has 5 heteroatoms. The topological polar surface area (TPSA) is 35.5 Å². The van der Waals surface area contributed by atoms with Gasteiger partial charge < -0.3 is 9.47 Å². The lowest BCUT2D eigenvalue weighted by Gasteiger charge is -2.18. The first-order valence-corrected chi connectivity index (χ1v) is 7.24. The minimum atomic E-state index is -1.00. The van der Waals surface area contributed by atoms with E-state index < -0.39 is 17.9 Å². The smallest absolute Gasteiger partial charge is 0.352 e. The Balaban J connectivity index is 2.32. The average Bonchev–Trinajstić information content (AvgIpc) is 2.49. The molecule has 1 unspecified atom stereocenters. The van der Waals surface area contributed by atoms with Crippen molar-refractivity contribution >= 4 is 21.9 Å². The van der Waals surface area contributed by atoms with Gasteiger partial charge in [-0.05, 0) is 25.1 Å². The maximum atomic E-state index is 13.8. The number of hydrogen-bond donors (Lipinski definition) is 0. The highest BCUT2D eigenvalue weighted by molar-refractivity contribution is 9.10. The molecule has 2 aromatic rings. The van der Waals surface area contributed by atoms with Crippen LogP contribution in [0.2, 0.25) is 0 Å². The Labute approximate surface area is 130 Å². The number of ether oxygens (including phenoxy) is 2. The third kappa shape index (κ3) is 4.04. The molecule has 2 aromatic carbocycles.